The molecule has 0 aliphatic carbocycles. The lowest BCUT2D eigenvalue weighted by Crippen LogP contribution is -2.33. The second-order valence-corrected chi connectivity index (χ2v) is 3.24. The molecule has 1 aromatic carbocycles. The number of primary amides is 1. The first-order valence-corrected chi connectivity index (χ1v) is 4.73. The largest absolute Gasteiger partial charge is 0.398 e. The van der Waals surface area contributed by atoms with Crippen molar-refractivity contribution in [3.05, 3.63) is 23.8 Å². The van der Waals surface area contributed by atoms with E-state index in [9.17, 15) is 4.79 Å². The third-order valence-electron chi connectivity index (χ3n) is 2.12. The molecule has 0 unspecified atom stereocenters. The molecule has 15 heavy (non-hydrogen) atoms. The minimum atomic E-state index is -0.513. The molecule has 6 N–H and O–H groups in total. The predicted molar refractivity (Wildman–Crippen MR) is 61.7 cm³/mol. The van der Waals surface area contributed by atoms with Crippen LogP contribution < -0.4 is 22.1 Å². The Morgan fingerprint density at radius 3 is 2.80 bits per heavy atom. The third kappa shape index (κ3) is 3.38. The van der Waals surface area contributed by atoms with Crippen molar-refractivity contribution >= 4 is 17.4 Å². The maximum absolute atomic E-state index is 10.4. The first-order valence-electron chi connectivity index (χ1n) is 4.73. The Hall–Kier alpha value is -1.91. The molecule has 0 saturated heterocycles. The van der Waals surface area contributed by atoms with E-state index in [0.717, 1.165) is 16.9 Å². The molecule has 2 amide bonds. The van der Waals surface area contributed by atoms with Crippen LogP contribution in [0.4, 0.5) is 16.2 Å². The first-order chi connectivity index (χ1) is 7.11. The van der Waals surface area contributed by atoms with E-state index in [0.29, 0.717) is 13.1 Å². The number of anilines is 2. The molecule has 0 fully saturated rings. The molecule has 0 aliphatic rings. The fourth-order valence-electron chi connectivity index (χ4n) is 1.23. The highest BCUT2D eigenvalue weighted by Gasteiger charge is 1.99. The third-order valence-corrected chi connectivity index (χ3v) is 2.12. The van der Waals surface area contributed by atoms with Crippen molar-refractivity contribution in [2.45, 2.75) is 6.92 Å². The monoisotopic (exact) mass is 208 g/mol. The molecule has 82 valence electrons. The van der Waals surface area contributed by atoms with Gasteiger partial charge in [0.2, 0.25) is 0 Å². The molecule has 0 aliphatic heterocycles. The zero-order valence-corrected chi connectivity index (χ0v) is 8.71. The van der Waals surface area contributed by atoms with Crippen LogP contribution in [0.3, 0.4) is 0 Å². The van der Waals surface area contributed by atoms with Gasteiger partial charge in [-0.25, -0.2) is 4.79 Å². The molecule has 1 rings (SSSR count). The summed E-state index contributed by atoms with van der Waals surface area (Å²) in [5.41, 5.74) is 13.4. The summed E-state index contributed by atoms with van der Waals surface area (Å²) >= 11 is 0. The number of hydrogen-bond acceptors (Lipinski definition) is 3. The second kappa shape index (κ2) is 5.09. The molecule has 1 aromatic rings. The maximum Gasteiger partial charge on any atom is 0.312 e. The van der Waals surface area contributed by atoms with Crippen LogP contribution in [0.5, 0.6) is 0 Å². The molecular weight excluding hydrogens is 192 g/mol. The zero-order chi connectivity index (χ0) is 11.3. The van der Waals surface area contributed by atoms with E-state index in [1.165, 1.54) is 0 Å². The van der Waals surface area contributed by atoms with Crippen LogP contribution in [0.2, 0.25) is 0 Å². The number of hydrogen-bond donors (Lipinski definition) is 4. The number of nitrogen functional groups attached to an aromatic ring is 1. The average molecular weight is 208 g/mol. The van der Waals surface area contributed by atoms with E-state index in [1.807, 2.05) is 25.1 Å². The fraction of sp³-hybridized carbons (Fsp3) is 0.300. The number of nitrogens with two attached hydrogens (primary N) is 2. The summed E-state index contributed by atoms with van der Waals surface area (Å²) in [6.45, 7) is 3.05. The van der Waals surface area contributed by atoms with E-state index < -0.39 is 6.03 Å². The molecule has 0 aromatic heterocycles. The molecule has 0 heterocycles. The minimum absolute atomic E-state index is 0.490. The lowest BCUT2D eigenvalue weighted by atomic mass is 10.1. The Labute approximate surface area is 88.8 Å². The van der Waals surface area contributed by atoms with Crippen molar-refractivity contribution in [1.29, 1.82) is 0 Å². The zero-order valence-electron chi connectivity index (χ0n) is 8.71. The SMILES string of the molecule is Cc1c(N)cccc1NCCNC(N)=O. The molecule has 5 nitrogen and oxygen atoms in total. The van der Waals surface area contributed by atoms with Gasteiger partial charge in [0, 0.05) is 24.5 Å². The van der Waals surface area contributed by atoms with E-state index >= 15 is 0 Å². The summed E-state index contributed by atoms with van der Waals surface area (Å²) in [5.74, 6) is 0. The summed E-state index contributed by atoms with van der Waals surface area (Å²) in [6.07, 6.45) is 0. The molecule has 0 radical (unpaired) electrons. The maximum atomic E-state index is 10.4. The van der Waals surface area contributed by atoms with Crippen molar-refractivity contribution in [2.24, 2.45) is 5.73 Å². The Morgan fingerprint density at radius 2 is 2.13 bits per heavy atom. The van der Waals surface area contributed by atoms with E-state index in [-0.39, 0.29) is 0 Å². The Bertz CT molecular complexity index is 351. The number of carbonyl (C=O) groups is 1. The molecule has 5 heteroatoms. The van der Waals surface area contributed by atoms with Crippen molar-refractivity contribution in [1.82, 2.24) is 5.32 Å². The van der Waals surface area contributed by atoms with Gasteiger partial charge in [-0.15, -0.1) is 0 Å². The number of benzene rings is 1. The number of urea groups is 1. The summed E-state index contributed by atoms with van der Waals surface area (Å²) in [4.78, 5) is 10.4. The van der Waals surface area contributed by atoms with Crippen molar-refractivity contribution in [3.8, 4) is 0 Å². The number of amides is 2. The summed E-state index contributed by atoms with van der Waals surface area (Å²) < 4.78 is 0. The molecule has 0 bridgehead atoms. The number of nitrogens with one attached hydrogen (secondary N) is 2. The van der Waals surface area contributed by atoms with E-state index in [4.69, 9.17) is 11.5 Å². The predicted octanol–water partition coefficient (Wildman–Crippen LogP) is 0.657. The van der Waals surface area contributed by atoms with Gasteiger partial charge in [-0.1, -0.05) is 6.07 Å². The van der Waals surface area contributed by atoms with Gasteiger partial charge < -0.3 is 22.1 Å². The quantitative estimate of drug-likeness (QED) is 0.432. The first kappa shape index (κ1) is 11.2. The van der Waals surface area contributed by atoms with Crippen LogP contribution in [-0.4, -0.2) is 19.1 Å². The Morgan fingerprint density at radius 1 is 1.40 bits per heavy atom. The highest BCUT2D eigenvalue weighted by molar-refractivity contribution is 5.71. The standard InChI is InChI=1S/C10H16N4O/c1-7-8(11)3-2-4-9(7)13-5-6-14-10(12)15/h2-4,13H,5-6,11H2,1H3,(H3,12,14,15). The van der Waals surface area contributed by atoms with Crippen LogP contribution in [0.1, 0.15) is 5.56 Å². The number of rotatable bonds is 4. The van der Waals surface area contributed by atoms with Crippen LogP contribution in [0.25, 0.3) is 0 Å². The molecule has 0 saturated carbocycles. The smallest absolute Gasteiger partial charge is 0.312 e. The van der Waals surface area contributed by atoms with Crippen LogP contribution in [0.15, 0.2) is 18.2 Å². The van der Waals surface area contributed by atoms with Gasteiger partial charge in [0.15, 0.2) is 0 Å². The lowest BCUT2D eigenvalue weighted by molar-refractivity contribution is 0.249. The highest BCUT2D eigenvalue weighted by Crippen LogP contribution is 2.19. The van der Waals surface area contributed by atoms with Crippen molar-refractivity contribution in [2.75, 3.05) is 24.1 Å². The van der Waals surface area contributed by atoms with Crippen molar-refractivity contribution in [3.63, 3.8) is 0 Å². The van der Waals surface area contributed by atoms with Gasteiger partial charge in [0.1, 0.15) is 0 Å². The van der Waals surface area contributed by atoms with E-state index in [1.54, 1.807) is 0 Å². The molecule has 0 spiro atoms. The van der Waals surface area contributed by atoms with Gasteiger partial charge >= 0.3 is 6.03 Å². The van der Waals surface area contributed by atoms with Crippen LogP contribution >= 0.6 is 0 Å². The lowest BCUT2D eigenvalue weighted by Gasteiger charge is -2.10. The van der Waals surface area contributed by atoms with Crippen LogP contribution in [0, 0.1) is 6.92 Å². The highest BCUT2D eigenvalue weighted by atomic mass is 16.2. The molecule has 0 atom stereocenters. The van der Waals surface area contributed by atoms with E-state index in [2.05, 4.69) is 10.6 Å². The fourth-order valence-corrected chi connectivity index (χ4v) is 1.23. The molecular formula is C10H16N4O. The van der Waals surface area contributed by atoms with Gasteiger partial charge in [-0.3, -0.25) is 0 Å². The second-order valence-electron chi connectivity index (χ2n) is 3.24. The Balaban J connectivity index is 2.44. The topological polar surface area (TPSA) is 93.2 Å². The van der Waals surface area contributed by atoms with Gasteiger partial charge in [0.05, 0.1) is 0 Å². The van der Waals surface area contributed by atoms with Gasteiger partial charge in [-0.2, -0.15) is 0 Å². The normalized spacial score (nSPS) is 9.67. The van der Waals surface area contributed by atoms with Gasteiger partial charge in [0.25, 0.3) is 0 Å². The summed E-state index contributed by atoms with van der Waals surface area (Å²) in [5, 5.41) is 5.65. The summed E-state index contributed by atoms with van der Waals surface area (Å²) in [7, 11) is 0. The number of carbonyl (C=O) groups excluding carboxylic acids is 1. The van der Waals surface area contributed by atoms with Gasteiger partial charge in [-0.05, 0) is 24.6 Å². The summed E-state index contributed by atoms with van der Waals surface area (Å²) in [6, 6.07) is 5.16. The van der Waals surface area contributed by atoms with Crippen molar-refractivity contribution < 1.29 is 4.79 Å². The average Bonchev–Trinajstić information content (AvgIpc) is 2.18. The Kier molecular flexibility index (Phi) is 3.79. The minimum Gasteiger partial charge on any atom is -0.398 e. The van der Waals surface area contributed by atoms with Crippen LogP contribution in [-0.2, 0) is 0 Å².